The van der Waals surface area contributed by atoms with Crippen molar-refractivity contribution in [3.8, 4) is 0 Å². The van der Waals surface area contributed by atoms with Crippen LogP contribution in [-0.2, 0) is 11.3 Å². The number of aromatic nitrogens is 4. The van der Waals surface area contributed by atoms with Crippen LogP contribution in [0.15, 0.2) is 36.8 Å². The first-order valence-electron chi connectivity index (χ1n) is 6.42. The monoisotopic (exact) mass is 282 g/mol. The molecule has 0 saturated carbocycles. The number of primary amides is 1. The molecule has 21 heavy (non-hydrogen) atoms. The Hall–Kier alpha value is -2.96. The predicted molar refractivity (Wildman–Crippen MR) is 79.0 cm³/mol. The molecule has 0 spiro atoms. The van der Waals surface area contributed by atoms with Gasteiger partial charge in [0, 0.05) is 11.9 Å². The van der Waals surface area contributed by atoms with Crippen LogP contribution in [0.2, 0.25) is 0 Å². The third-order valence-electron chi connectivity index (χ3n) is 3.00. The molecule has 7 nitrogen and oxygen atoms in total. The minimum absolute atomic E-state index is 0.0142. The van der Waals surface area contributed by atoms with Crippen LogP contribution in [0, 0.1) is 6.92 Å². The van der Waals surface area contributed by atoms with Gasteiger partial charge in [-0.1, -0.05) is 17.7 Å². The van der Waals surface area contributed by atoms with E-state index >= 15 is 0 Å². The van der Waals surface area contributed by atoms with Gasteiger partial charge in [0.15, 0.2) is 5.65 Å². The number of fused-ring (bicyclic) bond motifs is 1. The number of anilines is 2. The molecule has 106 valence electrons. The van der Waals surface area contributed by atoms with Gasteiger partial charge in [-0.15, -0.1) is 0 Å². The van der Waals surface area contributed by atoms with Crippen LogP contribution in [0.3, 0.4) is 0 Å². The summed E-state index contributed by atoms with van der Waals surface area (Å²) in [4.78, 5) is 19.3. The molecule has 1 aromatic carbocycles. The average Bonchev–Trinajstić information content (AvgIpc) is 2.84. The Morgan fingerprint density at radius 3 is 2.76 bits per heavy atom. The van der Waals surface area contributed by atoms with Crippen molar-refractivity contribution in [1.82, 2.24) is 19.7 Å². The Labute approximate surface area is 120 Å². The van der Waals surface area contributed by atoms with Gasteiger partial charge in [-0.25, -0.2) is 9.97 Å². The van der Waals surface area contributed by atoms with E-state index in [0.717, 1.165) is 11.1 Å². The summed E-state index contributed by atoms with van der Waals surface area (Å²) in [6.45, 7) is 2.04. The van der Waals surface area contributed by atoms with E-state index < -0.39 is 5.91 Å². The number of hydrogen-bond donors (Lipinski definition) is 2. The van der Waals surface area contributed by atoms with E-state index in [1.54, 1.807) is 6.20 Å². The van der Waals surface area contributed by atoms with Crippen LogP contribution in [0.1, 0.15) is 5.56 Å². The summed E-state index contributed by atoms with van der Waals surface area (Å²) >= 11 is 0. The van der Waals surface area contributed by atoms with Gasteiger partial charge in [-0.05, 0) is 19.1 Å². The van der Waals surface area contributed by atoms with Gasteiger partial charge < -0.3 is 11.1 Å². The number of nitrogens with zero attached hydrogens (tertiary/aromatic N) is 4. The molecule has 3 aromatic rings. The van der Waals surface area contributed by atoms with E-state index in [-0.39, 0.29) is 6.54 Å². The van der Waals surface area contributed by atoms with Crippen LogP contribution in [-0.4, -0.2) is 25.7 Å². The van der Waals surface area contributed by atoms with Crippen molar-refractivity contribution in [2.75, 3.05) is 5.32 Å². The number of nitrogens with one attached hydrogen (secondary N) is 1. The largest absolute Gasteiger partial charge is 0.368 e. The highest BCUT2D eigenvalue weighted by atomic mass is 16.1. The number of nitrogens with two attached hydrogens (primary N) is 1. The fourth-order valence-electron chi connectivity index (χ4n) is 2.00. The summed E-state index contributed by atoms with van der Waals surface area (Å²) in [5.41, 5.74) is 7.79. The second-order valence-electron chi connectivity index (χ2n) is 4.74. The van der Waals surface area contributed by atoms with Crippen LogP contribution in [0.5, 0.6) is 0 Å². The highest BCUT2D eigenvalue weighted by molar-refractivity contribution is 5.88. The number of rotatable bonds is 4. The van der Waals surface area contributed by atoms with E-state index in [0.29, 0.717) is 11.5 Å². The summed E-state index contributed by atoms with van der Waals surface area (Å²) in [6.07, 6.45) is 3.14. The maximum atomic E-state index is 11.0. The molecule has 0 aliphatic carbocycles. The Bertz CT molecular complexity index is 793. The number of carbonyl (C=O) groups excluding carboxylic acids is 1. The number of amides is 1. The Balaban J connectivity index is 1.96. The summed E-state index contributed by atoms with van der Waals surface area (Å²) in [7, 11) is 0. The van der Waals surface area contributed by atoms with Gasteiger partial charge in [0.05, 0.1) is 5.39 Å². The molecule has 0 aliphatic heterocycles. The smallest absolute Gasteiger partial charge is 0.239 e. The van der Waals surface area contributed by atoms with Crippen LogP contribution in [0.25, 0.3) is 11.0 Å². The fourth-order valence-corrected chi connectivity index (χ4v) is 2.00. The van der Waals surface area contributed by atoms with Gasteiger partial charge >= 0.3 is 0 Å². The minimum atomic E-state index is -0.455. The van der Waals surface area contributed by atoms with Gasteiger partial charge in [0.2, 0.25) is 5.91 Å². The zero-order valence-corrected chi connectivity index (χ0v) is 11.4. The lowest BCUT2D eigenvalue weighted by Crippen LogP contribution is -2.18. The SMILES string of the molecule is Cc1ccc(Nc2ncnc3nn(CC(N)=O)cc23)cc1. The molecule has 2 heterocycles. The summed E-state index contributed by atoms with van der Waals surface area (Å²) < 4.78 is 1.46. The molecule has 0 saturated heterocycles. The van der Waals surface area contributed by atoms with Gasteiger partial charge in [-0.3, -0.25) is 9.48 Å². The molecule has 7 heteroatoms. The first-order valence-corrected chi connectivity index (χ1v) is 6.42. The highest BCUT2D eigenvalue weighted by Crippen LogP contribution is 2.22. The summed E-state index contributed by atoms with van der Waals surface area (Å²) in [5, 5.41) is 8.15. The molecule has 0 radical (unpaired) electrons. The van der Waals surface area contributed by atoms with E-state index in [4.69, 9.17) is 5.73 Å². The van der Waals surface area contributed by atoms with E-state index in [2.05, 4.69) is 20.4 Å². The quantitative estimate of drug-likeness (QED) is 0.753. The number of hydrogen-bond acceptors (Lipinski definition) is 5. The first kappa shape index (κ1) is 13.0. The van der Waals surface area contributed by atoms with Crippen molar-refractivity contribution in [2.24, 2.45) is 5.73 Å². The van der Waals surface area contributed by atoms with Crippen molar-refractivity contribution in [3.05, 3.63) is 42.4 Å². The van der Waals surface area contributed by atoms with Crippen LogP contribution < -0.4 is 11.1 Å². The molecule has 3 rings (SSSR count). The molecule has 0 bridgehead atoms. The zero-order valence-electron chi connectivity index (χ0n) is 11.4. The molecular formula is C14H14N6O. The molecule has 0 fully saturated rings. The lowest BCUT2D eigenvalue weighted by atomic mass is 10.2. The molecule has 0 unspecified atom stereocenters. The van der Waals surface area contributed by atoms with Crippen LogP contribution in [0.4, 0.5) is 11.5 Å². The molecule has 0 atom stereocenters. The first-order chi connectivity index (χ1) is 10.1. The fraction of sp³-hybridized carbons (Fsp3) is 0.143. The second-order valence-corrected chi connectivity index (χ2v) is 4.74. The highest BCUT2D eigenvalue weighted by Gasteiger charge is 2.09. The van der Waals surface area contributed by atoms with Crippen LogP contribution >= 0.6 is 0 Å². The van der Waals surface area contributed by atoms with Gasteiger partial charge in [0.1, 0.15) is 18.7 Å². The van der Waals surface area contributed by atoms with E-state index in [9.17, 15) is 4.79 Å². The normalized spacial score (nSPS) is 10.7. The molecule has 2 aromatic heterocycles. The lowest BCUT2D eigenvalue weighted by Gasteiger charge is -2.05. The number of aryl methyl sites for hydroxylation is 1. The predicted octanol–water partition coefficient (Wildman–Crippen LogP) is 1.36. The maximum absolute atomic E-state index is 11.0. The molecule has 0 aliphatic rings. The van der Waals surface area contributed by atoms with Crippen molar-refractivity contribution in [3.63, 3.8) is 0 Å². The molecule has 1 amide bonds. The average molecular weight is 282 g/mol. The number of carbonyl (C=O) groups is 1. The summed E-state index contributed by atoms with van der Waals surface area (Å²) in [5.74, 6) is 0.184. The summed E-state index contributed by atoms with van der Waals surface area (Å²) in [6, 6.07) is 7.96. The Kier molecular flexibility index (Phi) is 3.23. The topological polar surface area (TPSA) is 98.7 Å². The third kappa shape index (κ3) is 2.81. The second kappa shape index (κ2) is 5.20. The van der Waals surface area contributed by atoms with Crippen molar-refractivity contribution in [1.29, 1.82) is 0 Å². The molecular weight excluding hydrogens is 268 g/mol. The van der Waals surface area contributed by atoms with E-state index in [1.165, 1.54) is 16.6 Å². The molecule has 3 N–H and O–H groups in total. The van der Waals surface area contributed by atoms with Crippen molar-refractivity contribution < 1.29 is 4.79 Å². The number of benzene rings is 1. The standard InChI is InChI=1S/C14H14N6O/c1-9-2-4-10(5-3-9)18-13-11-6-20(7-12(15)21)19-14(11)17-8-16-13/h2-6,8H,7H2,1H3,(H2,15,21)(H,16,17,18,19). The Morgan fingerprint density at radius 2 is 2.05 bits per heavy atom. The maximum Gasteiger partial charge on any atom is 0.239 e. The van der Waals surface area contributed by atoms with Gasteiger partial charge in [-0.2, -0.15) is 5.10 Å². The van der Waals surface area contributed by atoms with Crippen molar-refractivity contribution >= 4 is 28.4 Å². The lowest BCUT2D eigenvalue weighted by molar-refractivity contribution is -0.118. The minimum Gasteiger partial charge on any atom is -0.368 e. The van der Waals surface area contributed by atoms with Gasteiger partial charge in [0.25, 0.3) is 0 Å². The van der Waals surface area contributed by atoms with Crippen molar-refractivity contribution in [2.45, 2.75) is 13.5 Å². The zero-order chi connectivity index (χ0) is 14.8. The van der Waals surface area contributed by atoms with E-state index in [1.807, 2.05) is 31.2 Å². The Morgan fingerprint density at radius 1 is 1.29 bits per heavy atom. The third-order valence-corrected chi connectivity index (χ3v) is 3.00.